The second-order valence-electron chi connectivity index (χ2n) is 3.65. The lowest BCUT2D eigenvalue weighted by Gasteiger charge is -2.07. The van der Waals surface area contributed by atoms with Crippen molar-refractivity contribution in [2.45, 2.75) is 0 Å². The summed E-state index contributed by atoms with van der Waals surface area (Å²) in [5.74, 6) is 0.273. The molecule has 98 valence electrons. The Bertz CT molecular complexity index is 620. The molecule has 0 amide bonds. The van der Waals surface area contributed by atoms with Crippen molar-refractivity contribution in [3.8, 4) is 11.6 Å². The number of hydrogen-bond acceptors (Lipinski definition) is 5. The van der Waals surface area contributed by atoms with Gasteiger partial charge in [0.05, 0.1) is 6.20 Å². The number of benzene rings is 1. The summed E-state index contributed by atoms with van der Waals surface area (Å²) in [6, 6.07) is 6.68. The first kappa shape index (κ1) is 13.1. The third kappa shape index (κ3) is 2.92. The highest BCUT2D eigenvalue weighted by Gasteiger charge is 2.17. The fourth-order valence-corrected chi connectivity index (χ4v) is 1.58. The number of hydrogen-bond donors (Lipinski definition) is 1. The van der Waals surface area contributed by atoms with E-state index in [1.54, 1.807) is 31.3 Å². The Balaban J connectivity index is 2.31. The van der Waals surface area contributed by atoms with Crippen LogP contribution in [0.15, 0.2) is 35.6 Å². The first-order valence-corrected chi connectivity index (χ1v) is 5.67. The van der Waals surface area contributed by atoms with Crippen LogP contribution in [0.5, 0.6) is 11.6 Å². The van der Waals surface area contributed by atoms with Crippen molar-refractivity contribution in [2.24, 2.45) is 12.2 Å². The minimum atomic E-state index is -0.500. The Kier molecular flexibility index (Phi) is 3.82. The number of oxime groups is 1. The Hall–Kier alpha value is -2.34. The van der Waals surface area contributed by atoms with Gasteiger partial charge in [-0.15, -0.1) is 0 Å². The van der Waals surface area contributed by atoms with Gasteiger partial charge in [-0.25, -0.2) is 4.68 Å². The number of halogens is 1. The van der Waals surface area contributed by atoms with Gasteiger partial charge in [-0.2, -0.15) is 5.10 Å². The molecule has 1 heterocycles. The van der Waals surface area contributed by atoms with Gasteiger partial charge in [0.1, 0.15) is 17.5 Å². The van der Waals surface area contributed by atoms with Crippen molar-refractivity contribution in [3.63, 3.8) is 0 Å². The molecule has 1 aromatic carbocycles. The standard InChI is InChI=1S/C12H10ClN3O3/c1-16-12(10(6-14-16)11(17)7-15-18)19-9-4-2-8(13)3-5-9/h2-7,18H,1H3. The summed E-state index contributed by atoms with van der Waals surface area (Å²) < 4.78 is 6.99. The van der Waals surface area contributed by atoms with E-state index < -0.39 is 5.78 Å². The minimum absolute atomic E-state index is 0.204. The molecule has 0 aliphatic rings. The van der Waals surface area contributed by atoms with Crippen LogP contribution in [-0.4, -0.2) is 27.0 Å². The monoisotopic (exact) mass is 279 g/mol. The molecule has 7 heteroatoms. The average Bonchev–Trinajstić information content (AvgIpc) is 2.74. The maximum absolute atomic E-state index is 11.7. The van der Waals surface area contributed by atoms with Crippen LogP contribution in [0.1, 0.15) is 10.4 Å². The molecule has 0 unspecified atom stereocenters. The van der Waals surface area contributed by atoms with Crippen LogP contribution < -0.4 is 4.74 Å². The predicted molar refractivity (Wildman–Crippen MR) is 69.3 cm³/mol. The predicted octanol–water partition coefficient (Wildman–Crippen LogP) is 2.51. The highest BCUT2D eigenvalue weighted by Crippen LogP contribution is 2.25. The fourth-order valence-electron chi connectivity index (χ4n) is 1.45. The minimum Gasteiger partial charge on any atom is -0.439 e. The molecular formula is C12H10ClN3O3. The van der Waals surface area contributed by atoms with E-state index in [2.05, 4.69) is 10.3 Å². The Morgan fingerprint density at radius 1 is 1.47 bits per heavy atom. The number of aromatic nitrogens is 2. The normalized spacial score (nSPS) is 10.8. The third-order valence-electron chi connectivity index (χ3n) is 2.35. The van der Waals surface area contributed by atoms with Gasteiger partial charge in [0.15, 0.2) is 0 Å². The highest BCUT2D eigenvalue weighted by molar-refractivity contribution is 6.35. The SMILES string of the molecule is Cn1ncc(C(=O)C=NO)c1Oc1ccc(Cl)cc1. The van der Waals surface area contributed by atoms with Crippen LogP contribution in [0.25, 0.3) is 0 Å². The van der Waals surface area contributed by atoms with E-state index in [4.69, 9.17) is 21.5 Å². The number of Topliss-reactive ketones (excluding diaryl/α,β-unsaturated/α-hetero) is 1. The molecule has 2 aromatic rings. The Labute approximate surface area is 113 Å². The number of aryl methyl sites for hydroxylation is 1. The molecule has 0 saturated carbocycles. The van der Waals surface area contributed by atoms with E-state index in [0.29, 0.717) is 10.8 Å². The van der Waals surface area contributed by atoms with Crippen LogP contribution in [0.4, 0.5) is 0 Å². The Morgan fingerprint density at radius 2 is 2.16 bits per heavy atom. The summed E-state index contributed by atoms with van der Waals surface area (Å²) in [6.45, 7) is 0. The summed E-state index contributed by atoms with van der Waals surface area (Å²) in [5, 5.41) is 15.6. The van der Waals surface area contributed by atoms with E-state index >= 15 is 0 Å². The summed E-state index contributed by atoms with van der Waals surface area (Å²) in [6.07, 6.45) is 2.13. The van der Waals surface area contributed by atoms with E-state index in [9.17, 15) is 4.79 Å². The average molecular weight is 280 g/mol. The number of ketones is 1. The number of nitrogens with zero attached hydrogens (tertiary/aromatic N) is 3. The zero-order chi connectivity index (χ0) is 13.8. The van der Waals surface area contributed by atoms with Crippen molar-refractivity contribution in [1.82, 2.24) is 9.78 Å². The van der Waals surface area contributed by atoms with Gasteiger partial charge in [-0.3, -0.25) is 4.79 Å². The number of carbonyl (C=O) groups is 1. The molecule has 0 fully saturated rings. The molecule has 0 bridgehead atoms. The third-order valence-corrected chi connectivity index (χ3v) is 2.60. The maximum Gasteiger partial charge on any atom is 0.228 e. The lowest BCUT2D eigenvalue weighted by molar-refractivity contribution is 0.106. The van der Waals surface area contributed by atoms with Crippen molar-refractivity contribution in [3.05, 3.63) is 41.0 Å². The van der Waals surface area contributed by atoms with E-state index in [0.717, 1.165) is 6.21 Å². The topological polar surface area (TPSA) is 76.7 Å². The molecule has 0 atom stereocenters. The van der Waals surface area contributed by atoms with Gasteiger partial charge < -0.3 is 9.94 Å². The van der Waals surface area contributed by atoms with Gasteiger partial charge >= 0.3 is 0 Å². The molecule has 1 N–H and O–H groups in total. The molecule has 0 spiro atoms. The molecule has 2 rings (SSSR count). The first-order valence-electron chi connectivity index (χ1n) is 5.29. The summed E-state index contributed by atoms with van der Waals surface area (Å²) >= 11 is 5.78. The van der Waals surface area contributed by atoms with Gasteiger partial charge in [-0.1, -0.05) is 16.8 Å². The van der Waals surface area contributed by atoms with Gasteiger partial charge in [0.25, 0.3) is 0 Å². The van der Waals surface area contributed by atoms with Crippen molar-refractivity contribution in [2.75, 3.05) is 0 Å². The zero-order valence-electron chi connectivity index (χ0n) is 9.95. The second-order valence-corrected chi connectivity index (χ2v) is 4.09. The van der Waals surface area contributed by atoms with Crippen LogP contribution in [0.2, 0.25) is 5.02 Å². The van der Waals surface area contributed by atoms with Crippen LogP contribution in [0, 0.1) is 0 Å². The van der Waals surface area contributed by atoms with Crippen LogP contribution >= 0.6 is 11.6 Å². The smallest absolute Gasteiger partial charge is 0.228 e. The zero-order valence-corrected chi connectivity index (χ0v) is 10.7. The summed E-state index contributed by atoms with van der Waals surface area (Å²) in [4.78, 5) is 11.7. The molecule has 0 aliphatic carbocycles. The van der Waals surface area contributed by atoms with E-state index in [-0.39, 0.29) is 11.4 Å². The number of rotatable bonds is 4. The quantitative estimate of drug-likeness (QED) is 0.404. The second kappa shape index (κ2) is 5.53. The highest BCUT2D eigenvalue weighted by atomic mass is 35.5. The fraction of sp³-hybridized carbons (Fsp3) is 0.0833. The lowest BCUT2D eigenvalue weighted by atomic mass is 10.2. The molecule has 19 heavy (non-hydrogen) atoms. The molecule has 6 nitrogen and oxygen atoms in total. The first-order chi connectivity index (χ1) is 9.11. The van der Waals surface area contributed by atoms with E-state index in [1.807, 2.05) is 0 Å². The van der Waals surface area contributed by atoms with Crippen LogP contribution in [0.3, 0.4) is 0 Å². The van der Waals surface area contributed by atoms with Crippen molar-refractivity contribution < 1.29 is 14.7 Å². The Morgan fingerprint density at radius 3 is 2.79 bits per heavy atom. The van der Waals surface area contributed by atoms with Gasteiger partial charge in [0.2, 0.25) is 11.7 Å². The van der Waals surface area contributed by atoms with Crippen molar-refractivity contribution in [1.29, 1.82) is 0 Å². The number of carbonyl (C=O) groups excluding carboxylic acids is 1. The maximum atomic E-state index is 11.7. The van der Waals surface area contributed by atoms with Gasteiger partial charge in [0, 0.05) is 12.1 Å². The van der Waals surface area contributed by atoms with E-state index in [1.165, 1.54) is 10.9 Å². The largest absolute Gasteiger partial charge is 0.439 e. The molecule has 0 aliphatic heterocycles. The molecule has 1 aromatic heterocycles. The van der Waals surface area contributed by atoms with Crippen molar-refractivity contribution >= 4 is 23.6 Å². The molecule has 0 radical (unpaired) electrons. The lowest BCUT2D eigenvalue weighted by Crippen LogP contribution is -2.03. The number of ether oxygens (including phenoxy) is 1. The summed E-state index contributed by atoms with van der Waals surface area (Å²) in [5.41, 5.74) is 0.204. The summed E-state index contributed by atoms with van der Waals surface area (Å²) in [7, 11) is 1.64. The molecular weight excluding hydrogens is 270 g/mol. The molecule has 0 saturated heterocycles. The van der Waals surface area contributed by atoms with Crippen LogP contribution in [-0.2, 0) is 7.05 Å². The van der Waals surface area contributed by atoms with Gasteiger partial charge in [-0.05, 0) is 24.3 Å².